The van der Waals surface area contributed by atoms with Crippen molar-refractivity contribution in [2.45, 2.75) is 50.1 Å². The third kappa shape index (κ3) is 6.90. The van der Waals surface area contributed by atoms with Gasteiger partial charge in [0.1, 0.15) is 23.4 Å². The number of fused-ring (bicyclic) bond motifs is 2. The molecule has 0 spiro atoms. The molecule has 9 rings (SSSR count). The normalized spacial score (nSPS) is 23.3. The van der Waals surface area contributed by atoms with E-state index in [1.165, 1.54) is 27.8 Å². The minimum absolute atomic E-state index is 0.116. The Morgan fingerprint density at radius 2 is 1.56 bits per heavy atom. The number of amides is 3. The van der Waals surface area contributed by atoms with Crippen LogP contribution in [-0.4, -0.2) is 91.1 Å². The number of carbonyl (C=O) groups excluding carboxylic acids is 3. The molecule has 3 atom stereocenters. The molecule has 5 heterocycles. The Bertz CT molecular complexity index is 2100. The number of ether oxygens (including phenoxy) is 1. The van der Waals surface area contributed by atoms with Crippen molar-refractivity contribution in [3.8, 4) is 11.5 Å². The minimum atomic E-state index is -0.716. The van der Waals surface area contributed by atoms with Gasteiger partial charge in [-0.3, -0.25) is 24.6 Å². The number of phenols is 1. The standard InChI is InChI=1S/C44H46FN5O5/c45-37-24-35-31(26-50(44(35)54)38-12-13-41(52)46-43(38)53)22-39(37)49-20-18-47(19-21-49)25-28-14-16-48(17-15-28)32-8-6-30(7-9-32)42-34-11-10-33(51)23-40(34)55-27-36(42)29-4-2-1-3-5-29/h1-11,22-24,28,36,38,42,51H,12-21,25-27H2,(H,46,52,53)/t36-,38?,42?/m1/s1. The average Bonchev–Trinajstić information content (AvgIpc) is 3.52. The number of anilines is 2. The van der Waals surface area contributed by atoms with Gasteiger partial charge in [0.05, 0.1) is 12.3 Å². The van der Waals surface area contributed by atoms with Gasteiger partial charge in [0, 0.05) is 93.5 Å². The van der Waals surface area contributed by atoms with Crippen molar-refractivity contribution in [3.05, 3.63) is 119 Å². The Balaban J connectivity index is 0.790. The zero-order valence-corrected chi connectivity index (χ0v) is 30.8. The van der Waals surface area contributed by atoms with Gasteiger partial charge in [0.2, 0.25) is 11.8 Å². The molecule has 2 N–H and O–H groups in total. The summed E-state index contributed by atoms with van der Waals surface area (Å²) in [7, 11) is 0. The second kappa shape index (κ2) is 14.7. The van der Waals surface area contributed by atoms with Crippen molar-refractivity contribution in [2.24, 2.45) is 5.92 Å². The number of piperidine rings is 2. The predicted octanol–water partition coefficient (Wildman–Crippen LogP) is 5.64. The highest BCUT2D eigenvalue weighted by Gasteiger charge is 2.40. The summed E-state index contributed by atoms with van der Waals surface area (Å²) in [6, 6.07) is 27.4. The summed E-state index contributed by atoms with van der Waals surface area (Å²) in [5.74, 6) is 0.274. The van der Waals surface area contributed by atoms with Gasteiger partial charge < -0.3 is 24.5 Å². The van der Waals surface area contributed by atoms with Gasteiger partial charge in [0.15, 0.2) is 0 Å². The third-order valence-electron chi connectivity index (χ3n) is 12.4. The fraction of sp³-hybridized carbons (Fsp3) is 0.386. The summed E-state index contributed by atoms with van der Waals surface area (Å²) in [5.41, 5.74) is 6.35. The monoisotopic (exact) mass is 743 g/mol. The first-order chi connectivity index (χ1) is 26.8. The van der Waals surface area contributed by atoms with Crippen LogP contribution in [0.5, 0.6) is 11.5 Å². The lowest BCUT2D eigenvalue weighted by Crippen LogP contribution is -2.52. The van der Waals surface area contributed by atoms with E-state index in [1.54, 1.807) is 18.2 Å². The highest BCUT2D eigenvalue weighted by Crippen LogP contribution is 2.47. The van der Waals surface area contributed by atoms with E-state index >= 15 is 4.39 Å². The van der Waals surface area contributed by atoms with Crippen molar-refractivity contribution in [3.63, 3.8) is 0 Å². The lowest BCUT2D eigenvalue weighted by molar-refractivity contribution is -0.136. The summed E-state index contributed by atoms with van der Waals surface area (Å²) < 4.78 is 21.6. The number of aromatic hydroxyl groups is 1. The van der Waals surface area contributed by atoms with Gasteiger partial charge in [-0.05, 0) is 72.2 Å². The molecule has 3 saturated heterocycles. The summed E-state index contributed by atoms with van der Waals surface area (Å²) in [4.78, 5) is 45.7. The third-order valence-corrected chi connectivity index (χ3v) is 12.4. The molecule has 284 valence electrons. The lowest BCUT2D eigenvalue weighted by atomic mass is 9.76. The van der Waals surface area contributed by atoms with Crippen LogP contribution in [0.2, 0.25) is 0 Å². The van der Waals surface area contributed by atoms with Crippen LogP contribution in [0.25, 0.3) is 0 Å². The van der Waals surface area contributed by atoms with Crippen LogP contribution in [0.3, 0.4) is 0 Å². The molecule has 0 bridgehead atoms. The first kappa shape index (κ1) is 35.3. The summed E-state index contributed by atoms with van der Waals surface area (Å²) in [6.45, 7) is 6.93. The van der Waals surface area contributed by atoms with Crippen LogP contribution in [-0.2, 0) is 16.1 Å². The SMILES string of the molecule is O=C1CCC(N2Cc3cc(N4CCN(CC5CCN(c6ccc(C7c8ccc(O)cc8OC[C@@H]7c7ccccc7)cc6)CC5)CC4)c(F)cc3C2=O)C(=O)N1. The molecule has 0 aromatic heterocycles. The number of hydrogen-bond acceptors (Lipinski definition) is 8. The van der Waals surface area contributed by atoms with Gasteiger partial charge in [-0.15, -0.1) is 0 Å². The highest BCUT2D eigenvalue weighted by molar-refractivity contribution is 6.05. The number of benzene rings is 4. The van der Waals surface area contributed by atoms with E-state index < -0.39 is 17.8 Å². The van der Waals surface area contributed by atoms with Crippen molar-refractivity contribution in [1.29, 1.82) is 0 Å². The largest absolute Gasteiger partial charge is 0.508 e. The smallest absolute Gasteiger partial charge is 0.255 e. The van der Waals surface area contributed by atoms with Crippen molar-refractivity contribution < 1.29 is 28.6 Å². The quantitative estimate of drug-likeness (QED) is 0.235. The van der Waals surface area contributed by atoms with E-state index in [0.29, 0.717) is 36.9 Å². The minimum Gasteiger partial charge on any atom is -0.508 e. The van der Waals surface area contributed by atoms with Crippen molar-refractivity contribution in [1.82, 2.24) is 15.1 Å². The Morgan fingerprint density at radius 1 is 0.800 bits per heavy atom. The molecule has 3 amide bonds. The van der Waals surface area contributed by atoms with Gasteiger partial charge in [-0.1, -0.05) is 48.5 Å². The van der Waals surface area contributed by atoms with Crippen LogP contribution < -0.4 is 19.9 Å². The Labute approximate surface area is 320 Å². The maximum atomic E-state index is 15.5. The fourth-order valence-electron chi connectivity index (χ4n) is 9.42. The topological polar surface area (TPSA) is 106 Å². The fourth-order valence-corrected chi connectivity index (χ4v) is 9.42. The summed E-state index contributed by atoms with van der Waals surface area (Å²) in [6.07, 6.45) is 2.70. The van der Waals surface area contributed by atoms with Crippen molar-refractivity contribution in [2.75, 3.05) is 62.2 Å². The summed E-state index contributed by atoms with van der Waals surface area (Å²) in [5, 5.41) is 12.5. The number of phenolic OH excluding ortho intramolecular Hbond substituents is 1. The molecule has 0 radical (unpaired) electrons. The number of piperazine rings is 1. The van der Waals surface area contributed by atoms with Crippen LogP contribution in [0.15, 0.2) is 84.9 Å². The molecule has 5 aliphatic heterocycles. The van der Waals surface area contributed by atoms with Gasteiger partial charge in [0.25, 0.3) is 5.91 Å². The van der Waals surface area contributed by atoms with E-state index in [2.05, 4.69) is 68.5 Å². The van der Waals surface area contributed by atoms with E-state index in [9.17, 15) is 19.5 Å². The number of hydrogen-bond donors (Lipinski definition) is 2. The van der Waals surface area contributed by atoms with Gasteiger partial charge in [-0.2, -0.15) is 0 Å². The maximum absolute atomic E-state index is 15.5. The van der Waals surface area contributed by atoms with Crippen LogP contribution in [0.1, 0.15) is 70.1 Å². The van der Waals surface area contributed by atoms with Gasteiger partial charge >= 0.3 is 0 Å². The van der Waals surface area contributed by atoms with Crippen LogP contribution >= 0.6 is 0 Å². The number of carbonyl (C=O) groups is 3. The molecular formula is C44H46FN5O5. The molecule has 5 aliphatic rings. The Kier molecular flexibility index (Phi) is 9.41. The van der Waals surface area contributed by atoms with Gasteiger partial charge in [-0.25, -0.2) is 4.39 Å². The van der Waals surface area contributed by atoms with Crippen molar-refractivity contribution >= 4 is 29.1 Å². The molecule has 11 heteroatoms. The van der Waals surface area contributed by atoms with Crippen LogP contribution in [0.4, 0.5) is 15.8 Å². The average molecular weight is 744 g/mol. The highest BCUT2D eigenvalue weighted by atomic mass is 19.1. The predicted molar refractivity (Wildman–Crippen MR) is 207 cm³/mol. The molecule has 4 aromatic rings. The number of nitrogens with one attached hydrogen (secondary N) is 1. The molecule has 4 aromatic carbocycles. The molecule has 0 aliphatic carbocycles. The Morgan fingerprint density at radius 3 is 2.31 bits per heavy atom. The zero-order chi connectivity index (χ0) is 37.6. The number of imide groups is 1. The summed E-state index contributed by atoms with van der Waals surface area (Å²) >= 11 is 0. The second-order valence-corrected chi connectivity index (χ2v) is 15.7. The first-order valence-electron chi connectivity index (χ1n) is 19.6. The molecule has 10 nitrogen and oxygen atoms in total. The molecule has 3 fully saturated rings. The van der Waals surface area contributed by atoms with E-state index in [1.807, 2.05) is 12.1 Å². The zero-order valence-electron chi connectivity index (χ0n) is 30.8. The van der Waals surface area contributed by atoms with Crippen LogP contribution in [0, 0.1) is 11.7 Å². The van der Waals surface area contributed by atoms with E-state index in [0.717, 1.165) is 62.4 Å². The first-order valence-corrected chi connectivity index (χ1v) is 19.6. The lowest BCUT2D eigenvalue weighted by Gasteiger charge is -2.40. The number of nitrogens with zero attached hydrogens (tertiary/aromatic N) is 4. The Hall–Kier alpha value is -5.42. The van der Waals surface area contributed by atoms with E-state index in [-0.39, 0.29) is 48.8 Å². The van der Waals surface area contributed by atoms with E-state index in [4.69, 9.17) is 4.74 Å². The molecule has 0 saturated carbocycles. The number of halogens is 1. The number of rotatable bonds is 7. The molecule has 2 unspecified atom stereocenters. The molecular weight excluding hydrogens is 698 g/mol. The maximum Gasteiger partial charge on any atom is 0.255 e. The second-order valence-electron chi connectivity index (χ2n) is 15.7. The molecule has 55 heavy (non-hydrogen) atoms.